The van der Waals surface area contributed by atoms with Gasteiger partial charge < -0.3 is 10.6 Å². The van der Waals surface area contributed by atoms with Gasteiger partial charge in [-0.3, -0.25) is 4.79 Å². The van der Waals surface area contributed by atoms with E-state index in [2.05, 4.69) is 26.8 Å². The van der Waals surface area contributed by atoms with Gasteiger partial charge in [0.15, 0.2) is 7.05 Å². The van der Waals surface area contributed by atoms with Crippen molar-refractivity contribution >= 4 is 11.7 Å². The van der Waals surface area contributed by atoms with Crippen molar-refractivity contribution in [1.29, 1.82) is 5.26 Å². The normalized spacial score (nSPS) is 11.6. The lowest BCUT2D eigenvalue weighted by atomic mass is 10.0. The Labute approximate surface area is 196 Å². The fourth-order valence-corrected chi connectivity index (χ4v) is 3.57. The van der Waals surface area contributed by atoms with Crippen LogP contribution in [0.25, 0.3) is 11.1 Å². The summed E-state index contributed by atoms with van der Waals surface area (Å²) in [4.78, 5) is 17.5. The summed E-state index contributed by atoms with van der Waals surface area (Å²) in [6.07, 6.45) is 6.18. The number of nitriles is 1. The van der Waals surface area contributed by atoms with Crippen LogP contribution in [0.15, 0.2) is 79.3 Å². The van der Waals surface area contributed by atoms with Crippen LogP contribution in [-0.4, -0.2) is 22.5 Å². The second-order valence-corrected chi connectivity index (χ2v) is 7.89. The molecule has 4 aromatic rings. The van der Waals surface area contributed by atoms with Crippen LogP contribution in [0.1, 0.15) is 22.7 Å². The number of aromatic amines is 1. The number of carbonyl (C=O) groups excluding carboxylic acids is 1. The van der Waals surface area contributed by atoms with Crippen LogP contribution in [0.3, 0.4) is 0 Å². The van der Waals surface area contributed by atoms with Crippen LogP contribution in [0.4, 0.5) is 10.2 Å². The van der Waals surface area contributed by atoms with Gasteiger partial charge in [-0.15, -0.1) is 4.68 Å². The zero-order valence-electron chi connectivity index (χ0n) is 18.6. The van der Waals surface area contributed by atoms with E-state index in [9.17, 15) is 9.18 Å². The molecule has 0 saturated carbocycles. The number of hydrogen-bond donors (Lipinski definition) is 3. The number of carbonyl (C=O) groups is 1. The van der Waals surface area contributed by atoms with Crippen molar-refractivity contribution < 1.29 is 13.9 Å². The summed E-state index contributed by atoms with van der Waals surface area (Å²) in [5.41, 5.74) is 4.20. The van der Waals surface area contributed by atoms with Crippen molar-refractivity contribution in [2.24, 2.45) is 7.05 Å². The average Bonchev–Trinajstić information content (AvgIpc) is 3.29. The molecule has 1 unspecified atom stereocenters. The zero-order chi connectivity index (χ0) is 23.9. The van der Waals surface area contributed by atoms with Crippen LogP contribution in [0.2, 0.25) is 0 Å². The van der Waals surface area contributed by atoms with Gasteiger partial charge in [0.1, 0.15) is 17.7 Å². The van der Waals surface area contributed by atoms with E-state index in [4.69, 9.17) is 5.26 Å². The molecule has 0 spiro atoms. The third-order valence-electron chi connectivity index (χ3n) is 5.42. The number of benzene rings is 2. The lowest BCUT2D eigenvalue weighted by Gasteiger charge is -2.19. The maximum absolute atomic E-state index is 13.5. The summed E-state index contributed by atoms with van der Waals surface area (Å²) >= 11 is 0. The maximum Gasteiger partial charge on any atom is 0.247 e. The summed E-state index contributed by atoms with van der Waals surface area (Å²) in [7, 11) is 1.90. The number of rotatable bonds is 8. The zero-order valence-corrected chi connectivity index (χ0v) is 18.6. The van der Waals surface area contributed by atoms with Crippen molar-refractivity contribution in [1.82, 2.24) is 15.4 Å². The second-order valence-electron chi connectivity index (χ2n) is 7.89. The van der Waals surface area contributed by atoms with Gasteiger partial charge in [0.05, 0.1) is 23.4 Å². The molecule has 1 amide bonds. The molecule has 170 valence electrons. The SMILES string of the molecule is C[n+]1cc(-c2ccc(NC(=O)C(NCCc3ccc(C#N)cc3)c3ccc(F)cc3)nc2)c[nH]1. The summed E-state index contributed by atoms with van der Waals surface area (Å²) in [5.74, 6) is -0.231. The van der Waals surface area contributed by atoms with Crippen LogP contribution in [0.5, 0.6) is 0 Å². The fraction of sp³-hybridized carbons (Fsp3) is 0.154. The number of aryl methyl sites for hydroxylation is 1. The van der Waals surface area contributed by atoms with Crippen molar-refractivity contribution in [3.8, 4) is 17.2 Å². The molecule has 0 radical (unpaired) electrons. The van der Waals surface area contributed by atoms with E-state index >= 15 is 0 Å². The molecule has 2 aromatic heterocycles. The van der Waals surface area contributed by atoms with Gasteiger partial charge in [0.25, 0.3) is 0 Å². The number of halogens is 1. The van der Waals surface area contributed by atoms with E-state index in [1.54, 1.807) is 36.5 Å². The van der Waals surface area contributed by atoms with E-state index in [1.807, 2.05) is 42.3 Å². The highest BCUT2D eigenvalue weighted by Gasteiger charge is 2.21. The van der Waals surface area contributed by atoms with E-state index in [0.29, 0.717) is 29.9 Å². The lowest BCUT2D eigenvalue weighted by Crippen LogP contribution is -2.34. The molecule has 2 heterocycles. The molecule has 0 saturated heterocycles. The van der Waals surface area contributed by atoms with Crippen LogP contribution < -0.4 is 15.3 Å². The Morgan fingerprint density at radius 3 is 2.50 bits per heavy atom. The van der Waals surface area contributed by atoms with E-state index < -0.39 is 6.04 Å². The Morgan fingerprint density at radius 1 is 1.12 bits per heavy atom. The third-order valence-corrected chi connectivity index (χ3v) is 5.42. The number of H-pyrrole nitrogens is 1. The van der Waals surface area contributed by atoms with Crippen molar-refractivity contribution in [2.45, 2.75) is 12.5 Å². The Bertz CT molecular complexity index is 1290. The Kier molecular flexibility index (Phi) is 7.06. The number of aromatic nitrogens is 3. The van der Waals surface area contributed by atoms with Gasteiger partial charge in [-0.05, 0) is 53.9 Å². The number of nitrogens with one attached hydrogen (secondary N) is 3. The molecule has 0 fully saturated rings. The minimum absolute atomic E-state index is 0.292. The standard InChI is InChI=1S/C26H23FN6O/c1-33-17-22(16-31-33)21-8-11-24(30-15-21)32-26(34)25(20-6-9-23(27)10-7-20)29-13-12-18-2-4-19(14-28)5-3-18/h2-11,15-17,25,29H,12-13H2,1H3,(H,30,32,34)/p+1. The van der Waals surface area contributed by atoms with Gasteiger partial charge in [0.2, 0.25) is 12.1 Å². The number of anilines is 1. The molecule has 3 N–H and O–H groups in total. The fourth-order valence-electron chi connectivity index (χ4n) is 3.57. The molecular formula is C26H24FN6O+. The lowest BCUT2D eigenvalue weighted by molar-refractivity contribution is -0.726. The van der Waals surface area contributed by atoms with Crippen molar-refractivity contribution in [3.05, 3.63) is 102 Å². The quantitative estimate of drug-likeness (QED) is 0.355. The number of hydrogen-bond acceptors (Lipinski definition) is 4. The molecule has 4 rings (SSSR count). The average molecular weight is 456 g/mol. The first-order valence-corrected chi connectivity index (χ1v) is 10.8. The largest absolute Gasteiger partial charge is 0.309 e. The molecule has 1 atom stereocenters. The molecule has 0 aliphatic heterocycles. The maximum atomic E-state index is 13.5. The van der Waals surface area contributed by atoms with Crippen molar-refractivity contribution in [2.75, 3.05) is 11.9 Å². The van der Waals surface area contributed by atoms with Crippen LogP contribution >= 0.6 is 0 Å². The highest BCUT2D eigenvalue weighted by molar-refractivity contribution is 5.94. The second kappa shape index (κ2) is 10.5. The van der Waals surface area contributed by atoms with E-state index in [1.165, 1.54) is 12.1 Å². The van der Waals surface area contributed by atoms with Gasteiger partial charge in [-0.1, -0.05) is 24.3 Å². The topological polar surface area (TPSA) is 97.5 Å². The van der Waals surface area contributed by atoms with Crippen LogP contribution in [-0.2, 0) is 18.3 Å². The molecule has 2 aromatic carbocycles. The Hall–Kier alpha value is -4.35. The van der Waals surface area contributed by atoms with E-state index in [0.717, 1.165) is 16.7 Å². The van der Waals surface area contributed by atoms with Crippen LogP contribution in [0, 0.1) is 17.1 Å². The summed E-state index contributed by atoms with van der Waals surface area (Å²) in [5, 5.41) is 18.1. The first-order valence-electron chi connectivity index (χ1n) is 10.8. The number of pyridine rings is 1. The monoisotopic (exact) mass is 455 g/mol. The Morgan fingerprint density at radius 2 is 1.88 bits per heavy atom. The van der Waals surface area contributed by atoms with Gasteiger partial charge in [-0.2, -0.15) is 10.4 Å². The predicted molar refractivity (Wildman–Crippen MR) is 126 cm³/mol. The highest BCUT2D eigenvalue weighted by Crippen LogP contribution is 2.20. The van der Waals surface area contributed by atoms with E-state index in [-0.39, 0.29) is 11.7 Å². The number of nitrogens with zero attached hydrogens (tertiary/aromatic N) is 3. The third kappa shape index (κ3) is 5.71. The van der Waals surface area contributed by atoms with Crippen molar-refractivity contribution in [3.63, 3.8) is 0 Å². The van der Waals surface area contributed by atoms with Gasteiger partial charge in [-0.25, -0.2) is 9.37 Å². The smallest absolute Gasteiger partial charge is 0.247 e. The Balaban J connectivity index is 1.44. The molecule has 0 aliphatic carbocycles. The minimum Gasteiger partial charge on any atom is -0.309 e. The summed E-state index contributed by atoms with van der Waals surface area (Å²) < 4.78 is 15.3. The number of amides is 1. The summed E-state index contributed by atoms with van der Waals surface area (Å²) in [6.45, 7) is 0.512. The van der Waals surface area contributed by atoms with Gasteiger partial charge >= 0.3 is 0 Å². The predicted octanol–water partition coefficient (Wildman–Crippen LogP) is 3.42. The van der Waals surface area contributed by atoms with Gasteiger partial charge in [0, 0.05) is 18.3 Å². The molecule has 0 bridgehead atoms. The molecule has 0 aliphatic rings. The summed E-state index contributed by atoms with van der Waals surface area (Å²) in [6, 6.07) is 18.2. The minimum atomic E-state index is -0.691. The molecule has 7 nitrogen and oxygen atoms in total. The highest BCUT2D eigenvalue weighted by atomic mass is 19.1. The first kappa shape index (κ1) is 22.8. The molecule has 34 heavy (non-hydrogen) atoms. The molecule has 8 heteroatoms. The first-order chi connectivity index (χ1) is 16.5. The molecular weight excluding hydrogens is 431 g/mol.